The highest BCUT2D eigenvalue weighted by atomic mass is 16.6. The number of carbonyl (C=O) groups excluding carboxylic acids is 3. The first-order valence-electron chi connectivity index (χ1n) is 17.5. The molecule has 15 nitrogen and oxygen atoms in total. The number of aromatic amines is 1. The maximum absolute atomic E-state index is 13.8. The maximum atomic E-state index is 13.8. The predicted molar refractivity (Wildman–Crippen MR) is 195 cm³/mol. The summed E-state index contributed by atoms with van der Waals surface area (Å²) >= 11 is 0. The lowest BCUT2D eigenvalue weighted by atomic mass is 9.81. The third-order valence-corrected chi connectivity index (χ3v) is 8.74. The summed E-state index contributed by atoms with van der Waals surface area (Å²) < 4.78 is 11.0. The van der Waals surface area contributed by atoms with Gasteiger partial charge in [0.15, 0.2) is 0 Å². The molecule has 2 aromatic carbocycles. The quantitative estimate of drug-likeness (QED) is 0.127. The number of rotatable bonds is 12. The Morgan fingerprint density at radius 2 is 1.60 bits per heavy atom. The van der Waals surface area contributed by atoms with Crippen molar-refractivity contribution >= 4 is 23.6 Å². The van der Waals surface area contributed by atoms with Crippen molar-refractivity contribution in [3.63, 3.8) is 0 Å². The van der Waals surface area contributed by atoms with Crippen LogP contribution in [0.3, 0.4) is 0 Å². The van der Waals surface area contributed by atoms with E-state index in [4.69, 9.17) is 9.47 Å². The van der Waals surface area contributed by atoms with Gasteiger partial charge in [-0.25, -0.2) is 14.8 Å². The molecule has 0 aliphatic heterocycles. The lowest BCUT2D eigenvalue weighted by Crippen LogP contribution is -2.48. The third-order valence-electron chi connectivity index (χ3n) is 8.74. The second-order valence-corrected chi connectivity index (χ2v) is 13.9. The number of nitrogens with zero attached hydrogens (tertiary/aromatic N) is 6. The number of ether oxygens (including phenoxy) is 2. The van der Waals surface area contributed by atoms with Crippen molar-refractivity contribution in [1.29, 1.82) is 0 Å². The summed E-state index contributed by atoms with van der Waals surface area (Å²) in [5, 5.41) is 22.8. The van der Waals surface area contributed by atoms with Gasteiger partial charge in [0, 0.05) is 54.3 Å². The van der Waals surface area contributed by atoms with Crippen LogP contribution < -0.4 is 20.7 Å². The van der Waals surface area contributed by atoms with Gasteiger partial charge >= 0.3 is 12.1 Å². The van der Waals surface area contributed by atoms with E-state index >= 15 is 0 Å². The molecule has 1 saturated carbocycles. The molecule has 0 bridgehead atoms. The summed E-state index contributed by atoms with van der Waals surface area (Å²) in [4.78, 5) is 52.1. The van der Waals surface area contributed by atoms with E-state index in [0.29, 0.717) is 36.6 Å². The molecule has 274 valence electrons. The van der Waals surface area contributed by atoms with E-state index < -0.39 is 17.7 Å². The predicted octanol–water partition coefficient (Wildman–Crippen LogP) is 5.51. The molecule has 6 rings (SSSR count). The van der Waals surface area contributed by atoms with Gasteiger partial charge in [-0.05, 0) is 105 Å². The fourth-order valence-corrected chi connectivity index (χ4v) is 5.99. The van der Waals surface area contributed by atoms with Crippen LogP contribution in [0.1, 0.15) is 52.0 Å². The van der Waals surface area contributed by atoms with Crippen LogP contribution in [0.15, 0.2) is 85.5 Å². The highest BCUT2D eigenvalue weighted by Crippen LogP contribution is 2.29. The number of benzene rings is 2. The molecule has 4 N–H and O–H groups in total. The number of nitrogens with one attached hydrogen (secondary N) is 4. The topological polar surface area (TPSA) is 199 Å². The van der Waals surface area contributed by atoms with Gasteiger partial charge in [0.25, 0.3) is 0 Å². The highest BCUT2D eigenvalue weighted by Gasteiger charge is 2.30. The Morgan fingerprint density at radius 1 is 0.887 bits per heavy atom. The number of pyridine rings is 1. The second kappa shape index (κ2) is 16.8. The Morgan fingerprint density at radius 3 is 2.25 bits per heavy atom. The second-order valence-electron chi connectivity index (χ2n) is 13.9. The zero-order chi connectivity index (χ0) is 37.2. The number of tetrazole rings is 1. The molecule has 0 unspecified atom stereocenters. The summed E-state index contributed by atoms with van der Waals surface area (Å²) in [5.41, 5.74) is 3.26. The number of anilines is 1. The first-order valence-corrected chi connectivity index (χ1v) is 17.5. The molecule has 0 radical (unpaired) electrons. The number of aromatic nitrogens is 7. The van der Waals surface area contributed by atoms with Crippen molar-refractivity contribution in [3.05, 3.63) is 91.0 Å². The van der Waals surface area contributed by atoms with E-state index in [9.17, 15) is 14.4 Å². The molecule has 15 heteroatoms. The molecule has 53 heavy (non-hydrogen) atoms. The van der Waals surface area contributed by atoms with Gasteiger partial charge in [0.2, 0.25) is 17.6 Å². The maximum Gasteiger partial charge on any atom is 0.407 e. The third kappa shape index (κ3) is 10.6. The minimum Gasteiger partial charge on any atom is -0.444 e. The standard InChI is InChI=1S/C38H42N10O5/c1-38(2,3)53-37(51)42-20-25-8-12-28(13-9-25)34(49)44-32(35(50)43-30-16-14-27(15-17-30)33-45-47-48-46-33)19-24-6-10-26(11-7-24)29-21-40-36(41-22-29)52-31-5-4-18-39-23-31/h4-7,10-11,14-18,21-23,25,28,32H,8-9,12-13,19-20H2,1-3H3,(H,42,51)(H,43,50)(H,44,49)(H,45,46,47,48)/t25?,28?,32-/m0/s1. The molecule has 3 aromatic heterocycles. The van der Waals surface area contributed by atoms with Crippen LogP contribution in [0.2, 0.25) is 0 Å². The normalized spacial score (nSPS) is 16.2. The number of amides is 3. The molecular weight excluding hydrogens is 676 g/mol. The van der Waals surface area contributed by atoms with Crippen LogP contribution in [0, 0.1) is 11.8 Å². The van der Waals surface area contributed by atoms with Crippen LogP contribution >= 0.6 is 0 Å². The number of alkyl carbamates (subject to hydrolysis) is 1. The summed E-state index contributed by atoms with van der Waals surface area (Å²) in [7, 11) is 0. The minimum atomic E-state index is -0.843. The monoisotopic (exact) mass is 718 g/mol. The van der Waals surface area contributed by atoms with E-state index in [-0.39, 0.29) is 36.1 Å². The molecule has 1 aliphatic rings. The van der Waals surface area contributed by atoms with E-state index in [2.05, 4.69) is 51.5 Å². The van der Waals surface area contributed by atoms with Crippen LogP contribution in [-0.4, -0.2) is 71.7 Å². The first-order chi connectivity index (χ1) is 25.6. The van der Waals surface area contributed by atoms with Crippen molar-refractivity contribution in [3.8, 4) is 34.3 Å². The van der Waals surface area contributed by atoms with Gasteiger partial charge in [-0.15, -0.1) is 10.2 Å². The average Bonchev–Trinajstić information content (AvgIpc) is 3.70. The first kappa shape index (κ1) is 36.5. The molecule has 1 fully saturated rings. The van der Waals surface area contributed by atoms with Crippen molar-refractivity contribution in [2.24, 2.45) is 11.8 Å². The van der Waals surface area contributed by atoms with Gasteiger partial charge in [-0.1, -0.05) is 24.3 Å². The number of hydrogen-bond acceptors (Lipinski definition) is 11. The minimum absolute atomic E-state index is 0.168. The Hall–Kier alpha value is -6.25. The zero-order valence-electron chi connectivity index (χ0n) is 29.8. The Kier molecular flexibility index (Phi) is 11.6. The van der Waals surface area contributed by atoms with Gasteiger partial charge in [-0.2, -0.15) is 5.21 Å². The van der Waals surface area contributed by atoms with Gasteiger partial charge in [-0.3, -0.25) is 14.6 Å². The average molecular weight is 719 g/mol. The molecule has 3 amide bonds. The number of H-pyrrole nitrogens is 1. The molecular formula is C38H42N10O5. The van der Waals surface area contributed by atoms with E-state index in [1.165, 1.54) is 0 Å². The molecule has 3 heterocycles. The number of carbonyl (C=O) groups is 3. The molecule has 5 aromatic rings. The summed E-state index contributed by atoms with van der Waals surface area (Å²) in [5.74, 6) is 0.463. The molecule has 0 spiro atoms. The SMILES string of the molecule is CC(C)(C)OC(=O)NCC1CCC(C(=O)N[C@@H](Cc2ccc(-c3cnc(Oc4cccnc4)nc3)cc2)C(=O)Nc2ccc(-c3nn[nH]n3)cc2)CC1. The van der Waals surface area contributed by atoms with E-state index in [0.717, 1.165) is 35.1 Å². The molecule has 0 saturated heterocycles. The Bertz CT molecular complexity index is 1940. The lowest BCUT2D eigenvalue weighted by Gasteiger charge is -2.29. The lowest BCUT2D eigenvalue weighted by molar-refractivity contribution is -0.130. The van der Waals surface area contributed by atoms with Crippen molar-refractivity contribution in [2.45, 2.75) is 64.5 Å². The van der Waals surface area contributed by atoms with Crippen molar-refractivity contribution in [2.75, 3.05) is 11.9 Å². The van der Waals surface area contributed by atoms with Crippen molar-refractivity contribution < 1.29 is 23.9 Å². The van der Waals surface area contributed by atoms with Gasteiger partial charge < -0.3 is 25.4 Å². The Labute approximate surface area is 306 Å². The van der Waals surface area contributed by atoms with Crippen LogP contribution in [0.4, 0.5) is 10.5 Å². The summed E-state index contributed by atoms with van der Waals surface area (Å²) in [6.45, 7) is 5.96. The number of hydrogen-bond donors (Lipinski definition) is 4. The van der Waals surface area contributed by atoms with Crippen LogP contribution in [0.25, 0.3) is 22.5 Å². The van der Waals surface area contributed by atoms with E-state index in [1.54, 1.807) is 61.2 Å². The highest BCUT2D eigenvalue weighted by molar-refractivity contribution is 5.97. The smallest absolute Gasteiger partial charge is 0.407 e. The molecule has 1 atom stereocenters. The summed E-state index contributed by atoms with van der Waals surface area (Å²) in [6, 6.07) is 17.7. The zero-order valence-corrected chi connectivity index (χ0v) is 29.8. The summed E-state index contributed by atoms with van der Waals surface area (Å²) in [6.07, 6.45) is 9.28. The fourth-order valence-electron chi connectivity index (χ4n) is 5.99. The van der Waals surface area contributed by atoms with E-state index in [1.807, 2.05) is 45.0 Å². The van der Waals surface area contributed by atoms with Crippen molar-refractivity contribution in [1.82, 2.24) is 46.2 Å². The fraction of sp³-hybridized carbons (Fsp3) is 0.342. The van der Waals surface area contributed by atoms with Crippen LogP contribution in [0.5, 0.6) is 11.8 Å². The largest absolute Gasteiger partial charge is 0.444 e. The Balaban J connectivity index is 1.09. The van der Waals surface area contributed by atoms with Gasteiger partial charge in [0.05, 0.1) is 6.20 Å². The van der Waals surface area contributed by atoms with Gasteiger partial charge in [0.1, 0.15) is 17.4 Å². The molecule has 1 aliphatic carbocycles. The van der Waals surface area contributed by atoms with Crippen LogP contribution in [-0.2, 0) is 20.7 Å².